The van der Waals surface area contributed by atoms with Crippen LogP contribution in [0, 0.1) is 0 Å². The summed E-state index contributed by atoms with van der Waals surface area (Å²) in [5.41, 5.74) is 0.520. The van der Waals surface area contributed by atoms with E-state index in [0.29, 0.717) is 35.2 Å². The second-order valence-corrected chi connectivity index (χ2v) is 5.81. The molecule has 0 aliphatic carbocycles. The Labute approximate surface area is 148 Å². The van der Waals surface area contributed by atoms with Crippen LogP contribution in [0.5, 0.6) is 11.5 Å². The van der Waals surface area contributed by atoms with Crippen LogP contribution in [0.4, 0.5) is 0 Å². The molecule has 5 nitrogen and oxygen atoms in total. The molecule has 1 N–H and O–H groups in total. The normalized spacial score (nSPS) is 20.7. The zero-order valence-electron chi connectivity index (χ0n) is 13.9. The second kappa shape index (κ2) is 8.62. The Balaban J connectivity index is 0.00000264. The first-order valence-electron chi connectivity index (χ1n) is 7.54. The standard InChI is InChI=1S/C16H23ClN2O3.ClH/c1-5-22-15-13(17)8-12(9-14(15)21-4)16(20)19-7-6-18-10(2)11(19)3;/h8-11,18H,5-7H2,1-4H3;1H. The van der Waals surface area contributed by atoms with Crippen molar-refractivity contribution in [2.24, 2.45) is 0 Å². The molecule has 1 heterocycles. The number of methoxy groups -OCH3 is 1. The lowest BCUT2D eigenvalue weighted by atomic mass is 10.0. The third-order valence-electron chi connectivity index (χ3n) is 4.06. The van der Waals surface area contributed by atoms with Crippen molar-refractivity contribution in [3.05, 3.63) is 22.7 Å². The highest BCUT2D eigenvalue weighted by molar-refractivity contribution is 6.32. The number of benzene rings is 1. The van der Waals surface area contributed by atoms with Gasteiger partial charge in [-0.3, -0.25) is 4.79 Å². The van der Waals surface area contributed by atoms with Crippen molar-refractivity contribution < 1.29 is 14.3 Å². The lowest BCUT2D eigenvalue weighted by Gasteiger charge is -2.38. The fourth-order valence-electron chi connectivity index (χ4n) is 2.64. The topological polar surface area (TPSA) is 50.8 Å². The molecule has 1 aliphatic heterocycles. The number of carbonyl (C=O) groups is 1. The van der Waals surface area contributed by atoms with Crippen molar-refractivity contribution in [2.75, 3.05) is 26.8 Å². The predicted octanol–water partition coefficient (Wildman–Crippen LogP) is 2.99. The number of rotatable bonds is 4. The highest BCUT2D eigenvalue weighted by atomic mass is 35.5. The summed E-state index contributed by atoms with van der Waals surface area (Å²) in [6.45, 7) is 7.95. The van der Waals surface area contributed by atoms with Gasteiger partial charge in [-0.25, -0.2) is 0 Å². The smallest absolute Gasteiger partial charge is 0.254 e. The maximum absolute atomic E-state index is 12.8. The molecule has 0 radical (unpaired) electrons. The monoisotopic (exact) mass is 362 g/mol. The first-order valence-corrected chi connectivity index (χ1v) is 7.92. The Morgan fingerprint density at radius 1 is 1.43 bits per heavy atom. The molecule has 1 saturated heterocycles. The largest absolute Gasteiger partial charge is 0.493 e. The van der Waals surface area contributed by atoms with E-state index in [1.165, 1.54) is 7.11 Å². The highest BCUT2D eigenvalue weighted by Crippen LogP contribution is 2.36. The van der Waals surface area contributed by atoms with Crippen LogP contribution >= 0.6 is 24.0 Å². The molecule has 7 heteroatoms. The molecule has 1 amide bonds. The van der Waals surface area contributed by atoms with Crippen LogP contribution in [0.3, 0.4) is 0 Å². The average Bonchev–Trinajstić information content (AvgIpc) is 2.51. The second-order valence-electron chi connectivity index (χ2n) is 5.40. The fraction of sp³-hybridized carbons (Fsp3) is 0.562. The van der Waals surface area contributed by atoms with Gasteiger partial charge in [0.2, 0.25) is 0 Å². The highest BCUT2D eigenvalue weighted by Gasteiger charge is 2.29. The molecule has 0 aromatic heterocycles. The summed E-state index contributed by atoms with van der Waals surface area (Å²) in [6, 6.07) is 3.73. The zero-order valence-corrected chi connectivity index (χ0v) is 15.5. The lowest BCUT2D eigenvalue weighted by Crippen LogP contribution is -2.57. The van der Waals surface area contributed by atoms with E-state index in [1.807, 2.05) is 18.7 Å². The van der Waals surface area contributed by atoms with Gasteiger partial charge in [-0.15, -0.1) is 12.4 Å². The van der Waals surface area contributed by atoms with Crippen LogP contribution in [0.25, 0.3) is 0 Å². The average molecular weight is 363 g/mol. The van der Waals surface area contributed by atoms with E-state index in [-0.39, 0.29) is 30.4 Å². The Hall–Kier alpha value is -1.17. The molecule has 1 aromatic rings. The predicted molar refractivity (Wildman–Crippen MR) is 94.4 cm³/mol. The van der Waals surface area contributed by atoms with E-state index in [1.54, 1.807) is 12.1 Å². The Morgan fingerprint density at radius 3 is 2.74 bits per heavy atom. The molecule has 2 atom stereocenters. The van der Waals surface area contributed by atoms with Gasteiger partial charge in [0.1, 0.15) is 0 Å². The molecule has 1 fully saturated rings. The maximum Gasteiger partial charge on any atom is 0.254 e. The Bertz CT molecular complexity index is 554. The number of hydrogen-bond donors (Lipinski definition) is 1. The molecule has 2 unspecified atom stereocenters. The summed E-state index contributed by atoms with van der Waals surface area (Å²) in [5.74, 6) is 0.919. The van der Waals surface area contributed by atoms with Crippen molar-refractivity contribution in [3.8, 4) is 11.5 Å². The van der Waals surface area contributed by atoms with E-state index >= 15 is 0 Å². The zero-order chi connectivity index (χ0) is 16.3. The number of hydrogen-bond acceptors (Lipinski definition) is 4. The van der Waals surface area contributed by atoms with E-state index in [0.717, 1.165) is 6.54 Å². The molecule has 0 bridgehead atoms. The number of ether oxygens (including phenoxy) is 2. The first kappa shape index (κ1) is 19.9. The van der Waals surface area contributed by atoms with E-state index in [4.69, 9.17) is 21.1 Å². The van der Waals surface area contributed by atoms with Gasteiger partial charge >= 0.3 is 0 Å². The minimum Gasteiger partial charge on any atom is -0.493 e. The number of piperazine rings is 1. The van der Waals surface area contributed by atoms with E-state index in [9.17, 15) is 4.79 Å². The molecular formula is C16H24Cl2N2O3. The number of carbonyl (C=O) groups excluding carboxylic acids is 1. The van der Waals surface area contributed by atoms with Crippen molar-refractivity contribution in [3.63, 3.8) is 0 Å². The van der Waals surface area contributed by atoms with E-state index in [2.05, 4.69) is 12.2 Å². The van der Waals surface area contributed by atoms with Gasteiger partial charge in [-0.1, -0.05) is 11.6 Å². The van der Waals surface area contributed by atoms with Gasteiger partial charge in [-0.05, 0) is 32.9 Å². The molecule has 0 saturated carbocycles. The third kappa shape index (κ3) is 4.22. The van der Waals surface area contributed by atoms with Crippen LogP contribution in [-0.2, 0) is 0 Å². The molecule has 2 rings (SSSR count). The van der Waals surface area contributed by atoms with Gasteiger partial charge in [0.25, 0.3) is 5.91 Å². The van der Waals surface area contributed by atoms with Crippen LogP contribution in [0.1, 0.15) is 31.1 Å². The van der Waals surface area contributed by atoms with Crippen molar-refractivity contribution in [2.45, 2.75) is 32.9 Å². The molecule has 0 spiro atoms. The Morgan fingerprint density at radius 2 is 2.13 bits per heavy atom. The number of nitrogens with zero attached hydrogens (tertiary/aromatic N) is 1. The van der Waals surface area contributed by atoms with Crippen molar-refractivity contribution >= 4 is 29.9 Å². The summed E-state index contributed by atoms with van der Waals surface area (Å²) in [4.78, 5) is 14.7. The summed E-state index contributed by atoms with van der Waals surface area (Å²) in [6.07, 6.45) is 0. The van der Waals surface area contributed by atoms with Gasteiger partial charge in [-0.2, -0.15) is 0 Å². The van der Waals surface area contributed by atoms with Crippen molar-refractivity contribution in [1.82, 2.24) is 10.2 Å². The van der Waals surface area contributed by atoms with Gasteiger partial charge in [0.15, 0.2) is 11.5 Å². The summed E-state index contributed by atoms with van der Waals surface area (Å²) >= 11 is 6.25. The van der Waals surface area contributed by atoms with Crippen LogP contribution in [-0.4, -0.2) is 49.7 Å². The summed E-state index contributed by atoms with van der Waals surface area (Å²) in [7, 11) is 1.54. The van der Waals surface area contributed by atoms with Crippen LogP contribution in [0.15, 0.2) is 12.1 Å². The van der Waals surface area contributed by atoms with Crippen molar-refractivity contribution in [1.29, 1.82) is 0 Å². The first-order chi connectivity index (χ1) is 10.5. The fourth-order valence-corrected chi connectivity index (χ4v) is 2.90. The summed E-state index contributed by atoms with van der Waals surface area (Å²) < 4.78 is 10.8. The van der Waals surface area contributed by atoms with Gasteiger partial charge in [0, 0.05) is 30.7 Å². The van der Waals surface area contributed by atoms with Crippen LogP contribution in [0.2, 0.25) is 5.02 Å². The molecule has 1 aromatic carbocycles. The number of nitrogens with one attached hydrogen (secondary N) is 1. The minimum absolute atomic E-state index is 0. The maximum atomic E-state index is 12.8. The quantitative estimate of drug-likeness (QED) is 0.894. The SMILES string of the molecule is CCOc1c(Cl)cc(C(=O)N2CCNC(C)C2C)cc1OC.Cl. The molecular weight excluding hydrogens is 339 g/mol. The lowest BCUT2D eigenvalue weighted by molar-refractivity contribution is 0.0602. The minimum atomic E-state index is -0.0379. The van der Waals surface area contributed by atoms with E-state index < -0.39 is 0 Å². The number of amides is 1. The summed E-state index contributed by atoms with van der Waals surface area (Å²) in [5, 5.41) is 3.75. The molecule has 1 aliphatic rings. The Kier molecular flexibility index (Phi) is 7.45. The van der Waals surface area contributed by atoms with Crippen LogP contribution < -0.4 is 14.8 Å². The third-order valence-corrected chi connectivity index (χ3v) is 4.34. The van der Waals surface area contributed by atoms with Gasteiger partial charge < -0.3 is 19.7 Å². The number of halogens is 2. The molecule has 130 valence electrons. The van der Waals surface area contributed by atoms with Gasteiger partial charge in [0.05, 0.1) is 18.7 Å². The molecule has 23 heavy (non-hydrogen) atoms.